The molecule has 2 aromatic rings. The molecule has 0 aliphatic carbocycles. The van der Waals surface area contributed by atoms with E-state index in [4.69, 9.17) is 28.9 Å². The Balaban J connectivity index is 2.23. The normalized spacial score (nSPS) is 10.4. The topological polar surface area (TPSA) is 35.5 Å². The summed E-state index contributed by atoms with van der Waals surface area (Å²) in [6.45, 7) is 2.12. The zero-order valence-electron chi connectivity index (χ0n) is 12.6. The number of hydrogen-bond donors (Lipinski definition) is 0. The second-order valence-corrected chi connectivity index (χ2v) is 6.19. The fraction of sp³-hybridized carbons (Fsp3) is 0.235. The summed E-state index contributed by atoms with van der Waals surface area (Å²) >= 11 is 9.52. The summed E-state index contributed by atoms with van der Waals surface area (Å²) in [6, 6.07) is 10.8. The van der Waals surface area contributed by atoms with Crippen LogP contribution in [0.5, 0.6) is 11.5 Å². The van der Waals surface area contributed by atoms with Crippen molar-refractivity contribution in [2.75, 3.05) is 6.61 Å². The third kappa shape index (κ3) is 5.29. The third-order valence-electron chi connectivity index (χ3n) is 3.06. The van der Waals surface area contributed by atoms with Crippen molar-refractivity contribution in [1.29, 1.82) is 0 Å². The molecule has 0 fully saturated rings. The third-order valence-corrected chi connectivity index (χ3v) is 3.77. The fourth-order valence-electron chi connectivity index (χ4n) is 2.09. The standard InChI is InChI=1S/C17H15BBrClO3/c1-2-22-17(21)7-11-5-14(20)9-15(6-11)23-16-4-3-13(19)8-12(16)10-18/h3-6,8-9H,2,7,10H2,1H3. The maximum absolute atomic E-state index is 11.6. The number of hydrogen-bond acceptors (Lipinski definition) is 3. The second-order valence-electron chi connectivity index (χ2n) is 4.84. The number of carbonyl (C=O) groups is 1. The van der Waals surface area contributed by atoms with Crippen LogP contribution in [0.1, 0.15) is 18.1 Å². The summed E-state index contributed by atoms with van der Waals surface area (Å²) in [5.41, 5.74) is 1.60. The van der Waals surface area contributed by atoms with Gasteiger partial charge in [0.25, 0.3) is 0 Å². The van der Waals surface area contributed by atoms with Crippen LogP contribution in [-0.4, -0.2) is 20.4 Å². The van der Waals surface area contributed by atoms with E-state index >= 15 is 0 Å². The SMILES string of the molecule is [B]Cc1cc(Br)ccc1Oc1cc(Cl)cc(CC(=O)OCC)c1. The Bertz CT molecular complexity index is 706. The highest BCUT2D eigenvalue weighted by Crippen LogP contribution is 2.30. The summed E-state index contributed by atoms with van der Waals surface area (Å²) in [6.07, 6.45) is 0.500. The lowest BCUT2D eigenvalue weighted by Gasteiger charge is -2.12. The van der Waals surface area contributed by atoms with Crippen LogP contribution >= 0.6 is 27.5 Å². The average Bonchev–Trinajstić information content (AvgIpc) is 2.48. The van der Waals surface area contributed by atoms with E-state index in [0.717, 1.165) is 15.6 Å². The zero-order valence-corrected chi connectivity index (χ0v) is 15.0. The fourth-order valence-corrected chi connectivity index (χ4v) is 2.75. The highest BCUT2D eigenvalue weighted by Gasteiger charge is 2.09. The summed E-state index contributed by atoms with van der Waals surface area (Å²) in [7, 11) is 5.74. The molecule has 2 radical (unpaired) electrons. The molecule has 0 saturated heterocycles. The van der Waals surface area contributed by atoms with Crippen LogP contribution in [0.25, 0.3) is 0 Å². The molecule has 0 amide bonds. The van der Waals surface area contributed by atoms with Crippen molar-refractivity contribution in [3.05, 3.63) is 57.0 Å². The largest absolute Gasteiger partial charge is 0.466 e. The van der Waals surface area contributed by atoms with Crippen LogP contribution in [0.4, 0.5) is 0 Å². The van der Waals surface area contributed by atoms with E-state index in [1.807, 2.05) is 18.2 Å². The van der Waals surface area contributed by atoms with E-state index in [0.29, 0.717) is 29.4 Å². The van der Waals surface area contributed by atoms with E-state index < -0.39 is 0 Å². The van der Waals surface area contributed by atoms with Crippen molar-refractivity contribution in [1.82, 2.24) is 0 Å². The van der Waals surface area contributed by atoms with Gasteiger partial charge in [0.15, 0.2) is 0 Å². The number of esters is 1. The minimum Gasteiger partial charge on any atom is -0.466 e. The van der Waals surface area contributed by atoms with Crippen molar-refractivity contribution >= 4 is 41.3 Å². The summed E-state index contributed by atoms with van der Waals surface area (Å²) in [5, 5.41) is 0.494. The van der Waals surface area contributed by atoms with E-state index in [1.54, 1.807) is 25.1 Å². The Morgan fingerprint density at radius 3 is 2.74 bits per heavy atom. The molecule has 0 bridgehead atoms. The van der Waals surface area contributed by atoms with Crippen molar-refractivity contribution in [3.8, 4) is 11.5 Å². The Kier molecular flexibility index (Phi) is 6.54. The second kappa shape index (κ2) is 8.41. The molecule has 6 heteroatoms. The molecule has 0 aliphatic rings. The lowest BCUT2D eigenvalue weighted by Crippen LogP contribution is -2.07. The molecular formula is C17H15BBrClO3. The van der Waals surface area contributed by atoms with E-state index in [-0.39, 0.29) is 12.4 Å². The number of rotatable bonds is 6. The van der Waals surface area contributed by atoms with Gasteiger partial charge in [-0.25, -0.2) is 0 Å². The van der Waals surface area contributed by atoms with Gasteiger partial charge in [0, 0.05) is 9.50 Å². The van der Waals surface area contributed by atoms with Crippen LogP contribution in [0, 0.1) is 0 Å². The Hall–Kier alpha value is -1.46. The summed E-state index contributed by atoms with van der Waals surface area (Å²) < 4.78 is 11.8. The van der Waals surface area contributed by atoms with Gasteiger partial charge in [-0.1, -0.05) is 33.9 Å². The Labute approximate surface area is 150 Å². The predicted octanol–water partition coefficient (Wildman–Crippen LogP) is 4.67. The number of ether oxygens (including phenoxy) is 2. The van der Waals surface area contributed by atoms with Crippen molar-refractivity contribution in [2.24, 2.45) is 0 Å². The van der Waals surface area contributed by atoms with Crippen LogP contribution in [0.2, 0.25) is 5.02 Å². The lowest BCUT2D eigenvalue weighted by molar-refractivity contribution is -0.142. The molecule has 0 aromatic heterocycles. The molecule has 23 heavy (non-hydrogen) atoms. The van der Waals surface area contributed by atoms with Gasteiger partial charge in [-0.3, -0.25) is 4.79 Å². The van der Waals surface area contributed by atoms with Crippen molar-refractivity contribution < 1.29 is 14.3 Å². The minimum absolute atomic E-state index is 0.148. The highest BCUT2D eigenvalue weighted by atomic mass is 79.9. The summed E-state index contributed by atoms with van der Waals surface area (Å²) in [4.78, 5) is 11.6. The Morgan fingerprint density at radius 2 is 2.04 bits per heavy atom. The molecule has 0 atom stereocenters. The maximum atomic E-state index is 11.6. The van der Waals surface area contributed by atoms with Gasteiger partial charge < -0.3 is 9.47 Å². The number of halogens is 2. The van der Waals surface area contributed by atoms with Gasteiger partial charge in [0.2, 0.25) is 0 Å². The molecule has 0 N–H and O–H groups in total. The molecule has 0 spiro atoms. The first-order valence-electron chi connectivity index (χ1n) is 7.13. The number of benzene rings is 2. The smallest absolute Gasteiger partial charge is 0.310 e. The highest BCUT2D eigenvalue weighted by molar-refractivity contribution is 9.10. The van der Waals surface area contributed by atoms with Gasteiger partial charge >= 0.3 is 5.97 Å². The first kappa shape index (κ1) is 17.9. The molecule has 118 valence electrons. The molecule has 0 heterocycles. The van der Waals surface area contributed by atoms with Gasteiger partial charge in [-0.05, 0) is 54.4 Å². The average molecular weight is 393 g/mol. The molecule has 2 rings (SSSR count). The molecular weight excluding hydrogens is 378 g/mol. The van der Waals surface area contributed by atoms with E-state index in [2.05, 4.69) is 15.9 Å². The van der Waals surface area contributed by atoms with Crippen molar-refractivity contribution in [3.63, 3.8) is 0 Å². The van der Waals surface area contributed by atoms with E-state index in [9.17, 15) is 4.79 Å². The maximum Gasteiger partial charge on any atom is 0.310 e. The van der Waals surface area contributed by atoms with Crippen LogP contribution in [0.15, 0.2) is 40.9 Å². The predicted molar refractivity (Wildman–Crippen MR) is 95.5 cm³/mol. The zero-order chi connectivity index (χ0) is 16.8. The van der Waals surface area contributed by atoms with Gasteiger partial charge in [-0.15, -0.1) is 0 Å². The molecule has 0 saturated carbocycles. The van der Waals surface area contributed by atoms with E-state index in [1.165, 1.54) is 0 Å². The van der Waals surface area contributed by atoms with Crippen molar-refractivity contribution in [2.45, 2.75) is 19.7 Å². The quantitative estimate of drug-likeness (QED) is 0.529. The molecule has 3 nitrogen and oxygen atoms in total. The monoisotopic (exact) mass is 392 g/mol. The molecule has 0 aliphatic heterocycles. The molecule has 2 aromatic carbocycles. The van der Waals surface area contributed by atoms with Crippen LogP contribution in [0.3, 0.4) is 0 Å². The minimum atomic E-state index is -0.299. The van der Waals surface area contributed by atoms with Gasteiger partial charge in [0.05, 0.1) is 20.9 Å². The van der Waals surface area contributed by atoms with Gasteiger partial charge in [-0.2, -0.15) is 0 Å². The van der Waals surface area contributed by atoms with Crippen LogP contribution in [-0.2, 0) is 22.3 Å². The first-order valence-corrected chi connectivity index (χ1v) is 8.30. The Morgan fingerprint density at radius 1 is 1.26 bits per heavy atom. The molecule has 0 unspecified atom stereocenters. The number of carbonyl (C=O) groups excluding carboxylic acids is 1. The van der Waals surface area contributed by atoms with Crippen LogP contribution < -0.4 is 4.74 Å². The lowest BCUT2D eigenvalue weighted by atomic mass is 9.96. The van der Waals surface area contributed by atoms with Gasteiger partial charge in [0.1, 0.15) is 11.5 Å². The summed E-state index contributed by atoms with van der Waals surface area (Å²) in [5.74, 6) is 0.904. The first-order chi connectivity index (χ1) is 11.0.